The lowest BCUT2D eigenvalue weighted by atomic mass is 9.72. The standard InChI is InChI=1S/C20H29NO2/c1-16-7-5-6-10-18(16)20(11-13-23-14-12-20)15-21-19(22)17-8-3-2-4-9-17/h5-7,10,17H,2-4,8-9,11-15H2,1H3,(H,21,22). The van der Waals surface area contributed by atoms with Crippen LogP contribution in [0.1, 0.15) is 56.1 Å². The highest BCUT2D eigenvalue weighted by atomic mass is 16.5. The first kappa shape index (κ1) is 16.5. The molecule has 2 aliphatic rings. The van der Waals surface area contributed by atoms with E-state index in [1.807, 2.05) is 0 Å². The molecule has 1 aromatic rings. The predicted octanol–water partition coefficient (Wildman–Crippen LogP) is 3.74. The molecular weight excluding hydrogens is 286 g/mol. The second-order valence-corrected chi connectivity index (χ2v) is 7.26. The lowest BCUT2D eigenvalue weighted by molar-refractivity contribution is -0.126. The number of carbonyl (C=O) groups is 1. The van der Waals surface area contributed by atoms with E-state index in [1.54, 1.807) is 0 Å². The molecule has 0 unspecified atom stereocenters. The third kappa shape index (κ3) is 3.77. The molecule has 1 saturated heterocycles. The van der Waals surface area contributed by atoms with Crippen molar-refractivity contribution in [1.82, 2.24) is 5.32 Å². The van der Waals surface area contributed by atoms with Gasteiger partial charge in [-0.3, -0.25) is 4.79 Å². The first-order valence-corrected chi connectivity index (χ1v) is 9.13. The molecule has 1 saturated carbocycles. The summed E-state index contributed by atoms with van der Waals surface area (Å²) in [5.74, 6) is 0.502. The minimum atomic E-state index is 0.0356. The lowest BCUT2D eigenvalue weighted by Gasteiger charge is -2.39. The van der Waals surface area contributed by atoms with Gasteiger partial charge in [-0.1, -0.05) is 43.5 Å². The van der Waals surface area contributed by atoms with Gasteiger partial charge in [0.15, 0.2) is 0 Å². The molecule has 1 heterocycles. The second-order valence-electron chi connectivity index (χ2n) is 7.26. The molecule has 1 aliphatic heterocycles. The molecular formula is C20H29NO2. The van der Waals surface area contributed by atoms with Crippen molar-refractivity contribution < 1.29 is 9.53 Å². The average molecular weight is 315 g/mol. The van der Waals surface area contributed by atoms with Crippen molar-refractivity contribution in [2.75, 3.05) is 19.8 Å². The summed E-state index contributed by atoms with van der Waals surface area (Å²) < 4.78 is 5.60. The Morgan fingerprint density at radius 3 is 2.57 bits per heavy atom. The highest BCUT2D eigenvalue weighted by Crippen LogP contribution is 2.36. The van der Waals surface area contributed by atoms with Gasteiger partial charge < -0.3 is 10.1 Å². The van der Waals surface area contributed by atoms with Gasteiger partial charge in [-0.25, -0.2) is 0 Å². The van der Waals surface area contributed by atoms with Crippen LogP contribution in [0.3, 0.4) is 0 Å². The SMILES string of the molecule is Cc1ccccc1C1(CNC(=O)C2CCCCC2)CCOCC1. The van der Waals surface area contributed by atoms with Crippen LogP contribution in [0.25, 0.3) is 0 Å². The van der Waals surface area contributed by atoms with Crippen LogP contribution in [0.2, 0.25) is 0 Å². The number of ether oxygens (including phenoxy) is 1. The summed E-state index contributed by atoms with van der Waals surface area (Å²) in [7, 11) is 0. The number of carbonyl (C=O) groups excluding carboxylic acids is 1. The van der Waals surface area contributed by atoms with Crippen molar-refractivity contribution in [2.24, 2.45) is 5.92 Å². The van der Waals surface area contributed by atoms with E-state index in [2.05, 4.69) is 36.5 Å². The molecule has 1 N–H and O–H groups in total. The van der Waals surface area contributed by atoms with Gasteiger partial charge in [0.2, 0.25) is 5.91 Å². The molecule has 126 valence electrons. The van der Waals surface area contributed by atoms with Crippen molar-refractivity contribution in [3.63, 3.8) is 0 Å². The van der Waals surface area contributed by atoms with Gasteiger partial charge in [0.25, 0.3) is 0 Å². The Labute approximate surface area is 139 Å². The minimum Gasteiger partial charge on any atom is -0.381 e. The molecule has 23 heavy (non-hydrogen) atoms. The Hall–Kier alpha value is -1.35. The van der Waals surface area contributed by atoms with Crippen LogP contribution in [0.5, 0.6) is 0 Å². The maximum absolute atomic E-state index is 12.6. The quantitative estimate of drug-likeness (QED) is 0.919. The summed E-state index contributed by atoms with van der Waals surface area (Å²) in [5, 5.41) is 3.29. The Kier molecular flexibility index (Phi) is 5.37. The number of aryl methyl sites for hydroxylation is 1. The van der Waals surface area contributed by atoms with E-state index >= 15 is 0 Å². The summed E-state index contributed by atoms with van der Waals surface area (Å²) in [6, 6.07) is 8.61. The molecule has 0 radical (unpaired) electrons. The maximum atomic E-state index is 12.6. The van der Waals surface area contributed by atoms with Gasteiger partial charge in [-0.15, -0.1) is 0 Å². The maximum Gasteiger partial charge on any atom is 0.223 e. The number of hydrogen-bond acceptors (Lipinski definition) is 2. The largest absolute Gasteiger partial charge is 0.381 e. The molecule has 1 aromatic carbocycles. The van der Waals surface area contributed by atoms with Gasteiger partial charge in [0, 0.05) is 31.1 Å². The average Bonchev–Trinajstić information content (AvgIpc) is 2.61. The molecule has 0 spiro atoms. The summed E-state index contributed by atoms with van der Waals surface area (Å²) in [6.07, 6.45) is 7.79. The topological polar surface area (TPSA) is 38.3 Å². The Balaban J connectivity index is 1.72. The van der Waals surface area contributed by atoms with Crippen molar-refractivity contribution in [1.29, 1.82) is 0 Å². The first-order valence-electron chi connectivity index (χ1n) is 9.13. The molecule has 3 nitrogen and oxygen atoms in total. The van der Waals surface area contributed by atoms with E-state index in [4.69, 9.17) is 4.74 Å². The zero-order valence-electron chi connectivity index (χ0n) is 14.3. The molecule has 2 fully saturated rings. The van der Waals surface area contributed by atoms with Crippen molar-refractivity contribution >= 4 is 5.91 Å². The van der Waals surface area contributed by atoms with Crippen LogP contribution in [0.15, 0.2) is 24.3 Å². The highest BCUT2D eigenvalue weighted by molar-refractivity contribution is 5.78. The molecule has 0 bridgehead atoms. The minimum absolute atomic E-state index is 0.0356. The summed E-state index contributed by atoms with van der Waals surface area (Å²) in [6.45, 7) is 4.49. The van der Waals surface area contributed by atoms with Crippen LogP contribution < -0.4 is 5.32 Å². The van der Waals surface area contributed by atoms with Gasteiger partial charge in [0.1, 0.15) is 0 Å². The zero-order valence-corrected chi connectivity index (χ0v) is 14.3. The molecule has 0 aromatic heterocycles. The van der Waals surface area contributed by atoms with Gasteiger partial charge in [-0.05, 0) is 43.7 Å². The fraction of sp³-hybridized carbons (Fsp3) is 0.650. The van der Waals surface area contributed by atoms with E-state index in [0.717, 1.165) is 45.4 Å². The number of nitrogens with one attached hydrogen (secondary N) is 1. The number of benzene rings is 1. The van der Waals surface area contributed by atoms with Crippen molar-refractivity contribution in [2.45, 2.75) is 57.3 Å². The summed E-state index contributed by atoms with van der Waals surface area (Å²) in [4.78, 5) is 12.6. The van der Waals surface area contributed by atoms with Crippen molar-refractivity contribution in [3.8, 4) is 0 Å². The zero-order chi connectivity index (χ0) is 16.1. The van der Waals surface area contributed by atoms with E-state index < -0.39 is 0 Å². The van der Waals surface area contributed by atoms with Gasteiger partial charge in [-0.2, -0.15) is 0 Å². The lowest BCUT2D eigenvalue weighted by Crippen LogP contribution is -2.46. The van der Waals surface area contributed by atoms with Crippen LogP contribution in [-0.2, 0) is 14.9 Å². The normalized spacial score (nSPS) is 21.8. The Morgan fingerprint density at radius 1 is 1.17 bits per heavy atom. The fourth-order valence-corrected chi connectivity index (χ4v) is 4.24. The van der Waals surface area contributed by atoms with Crippen LogP contribution in [-0.4, -0.2) is 25.7 Å². The summed E-state index contributed by atoms with van der Waals surface area (Å²) in [5.41, 5.74) is 2.74. The van der Waals surface area contributed by atoms with Crippen LogP contribution >= 0.6 is 0 Å². The smallest absolute Gasteiger partial charge is 0.223 e. The molecule has 3 rings (SSSR count). The highest BCUT2D eigenvalue weighted by Gasteiger charge is 2.36. The number of amides is 1. The van der Waals surface area contributed by atoms with Gasteiger partial charge >= 0.3 is 0 Å². The Morgan fingerprint density at radius 2 is 1.87 bits per heavy atom. The molecule has 1 aliphatic carbocycles. The molecule has 1 amide bonds. The summed E-state index contributed by atoms with van der Waals surface area (Å²) >= 11 is 0. The predicted molar refractivity (Wildman–Crippen MR) is 92.5 cm³/mol. The number of rotatable bonds is 4. The van der Waals surface area contributed by atoms with E-state index in [9.17, 15) is 4.79 Å². The molecule has 0 atom stereocenters. The third-order valence-corrected chi connectivity index (χ3v) is 5.74. The monoisotopic (exact) mass is 315 g/mol. The van der Waals surface area contributed by atoms with Crippen LogP contribution in [0, 0.1) is 12.8 Å². The third-order valence-electron chi connectivity index (χ3n) is 5.74. The van der Waals surface area contributed by atoms with E-state index in [-0.39, 0.29) is 17.2 Å². The fourth-order valence-electron chi connectivity index (χ4n) is 4.24. The molecule has 3 heteroatoms. The second kappa shape index (κ2) is 7.48. The van der Waals surface area contributed by atoms with E-state index in [0.29, 0.717) is 0 Å². The van der Waals surface area contributed by atoms with Crippen molar-refractivity contribution in [3.05, 3.63) is 35.4 Å². The van der Waals surface area contributed by atoms with Crippen LogP contribution in [0.4, 0.5) is 0 Å². The van der Waals surface area contributed by atoms with E-state index in [1.165, 1.54) is 30.4 Å². The first-order chi connectivity index (χ1) is 11.2. The Bertz CT molecular complexity index is 528. The van der Waals surface area contributed by atoms with Gasteiger partial charge in [0.05, 0.1) is 0 Å². The number of hydrogen-bond donors (Lipinski definition) is 1.